The minimum absolute atomic E-state index is 0.220. The summed E-state index contributed by atoms with van der Waals surface area (Å²) >= 11 is 1.41. The number of nitrogens with zero attached hydrogens (tertiary/aromatic N) is 2. The van der Waals surface area contributed by atoms with Crippen LogP contribution < -0.4 is 10.6 Å². The van der Waals surface area contributed by atoms with Crippen LogP contribution in [0.25, 0.3) is 6.08 Å². The molecule has 0 fully saturated rings. The minimum Gasteiger partial charge on any atom is -0.355 e. The maximum Gasteiger partial charge on any atom is 0.252 e. The molecule has 0 bridgehead atoms. The number of pyridine rings is 1. The van der Waals surface area contributed by atoms with E-state index < -0.39 is 0 Å². The van der Waals surface area contributed by atoms with Crippen LogP contribution in [0.5, 0.6) is 0 Å². The van der Waals surface area contributed by atoms with Crippen LogP contribution in [0, 0.1) is 0 Å². The molecule has 1 atom stereocenters. The summed E-state index contributed by atoms with van der Waals surface area (Å²) in [5, 5.41) is 7.82. The highest BCUT2D eigenvalue weighted by molar-refractivity contribution is 7.14. The van der Waals surface area contributed by atoms with Gasteiger partial charge in [-0.1, -0.05) is 13.8 Å². The van der Waals surface area contributed by atoms with Crippen LogP contribution >= 0.6 is 11.3 Å². The van der Waals surface area contributed by atoms with E-state index in [1.165, 1.54) is 23.6 Å². The molecule has 2 heterocycles. The molecule has 0 aliphatic heterocycles. The van der Waals surface area contributed by atoms with Gasteiger partial charge in [0.05, 0.1) is 11.3 Å². The van der Waals surface area contributed by atoms with Gasteiger partial charge in [0.15, 0.2) is 5.13 Å². The molecule has 2 N–H and O–H groups in total. The summed E-state index contributed by atoms with van der Waals surface area (Å²) < 4.78 is 0. The van der Waals surface area contributed by atoms with Crippen LogP contribution in [-0.2, 0) is 4.79 Å². The van der Waals surface area contributed by atoms with Crippen molar-refractivity contribution < 1.29 is 9.59 Å². The molecule has 0 aromatic carbocycles. The van der Waals surface area contributed by atoms with Crippen LogP contribution in [0.4, 0.5) is 5.13 Å². The van der Waals surface area contributed by atoms with Gasteiger partial charge in [-0.15, -0.1) is 11.3 Å². The highest BCUT2D eigenvalue weighted by atomic mass is 32.1. The Labute approximate surface area is 145 Å². The molecule has 2 rings (SSSR count). The number of thiazole rings is 1. The van der Waals surface area contributed by atoms with Gasteiger partial charge >= 0.3 is 0 Å². The van der Waals surface area contributed by atoms with Crippen LogP contribution in [0.3, 0.4) is 0 Å². The van der Waals surface area contributed by atoms with Gasteiger partial charge in [-0.25, -0.2) is 4.98 Å². The van der Waals surface area contributed by atoms with Gasteiger partial charge in [0, 0.05) is 30.9 Å². The smallest absolute Gasteiger partial charge is 0.252 e. The summed E-state index contributed by atoms with van der Waals surface area (Å²) in [7, 11) is 1.56. The molecule has 0 saturated carbocycles. The number of carbonyl (C=O) groups is 2. The molecule has 0 aliphatic rings. The first-order chi connectivity index (χ1) is 11.5. The summed E-state index contributed by atoms with van der Waals surface area (Å²) in [5.74, 6) is -0.117. The number of hydrogen-bond acceptors (Lipinski definition) is 5. The van der Waals surface area contributed by atoms with Crippen molar-refractivity contribution in [2.45, 2.75) is 26.2 Å². The third kappa shape index (κ3) is 4.73. The Bertz CT molecular complexity index is 755. The average Bonchev–Trinajstić information content (AvgIpc) is 3.07. The molecule has 2 aromatic heterocycles. The molecule has 24 heavy (non-hydrogen) atoms. The van der Waals surface area contributed by atoms with E-state index in [1.807, 2.05) is 5.38 Å². The Kier molecular flexibility index (Phi) is 6.20. The lowest BCUT2D eigenvalue weighted by atomic mass is 10.1. The molecule has 7 heteroatoms. The third-order valence-corrected chi connectivity index (χ3v) is 4.32. The number of hydrogen-bond donors (Lipinski definition) is 2. The second-order valence-electron chi connectivity index (χ2n) is 5.30. The van der Waals surface area contributed by atoms with Gasteiger partial charge in [0.25, 0.3) is 5.91 Å². The second-order valence-corrected chi connectivity index (χ2v) is 6.15. The lowest BCUT2D eigenvalue weighted by Gasteiger charge is -2.02. The minimum atomic E-state index is -0.273. The van der Waals surface area contributed by atoms with Gasteiger partial charge in [-0.2, -0.15) is 0 Å². The van der Waals surface area contributed by atoms with Crippen molar-refractivity contribution in [1.82, 2.24) is 15.3 Å². The SMILES string of the molecule is CC[C@H](C)c1csc(NC(=O)/C=C/c2cncc(C(=O)NC)c2)n1. The zero-order chi connectivity index (χ0) is 17.5. The van der Waals surface area contributed by atoms with Crippen molar-refractivity contribution in [2.75, 3.05) is 12.4 Å². The summed E-state index contributed by atoms with van der Waals surface area (Å²) in [5.41, 5.74) is 2.10. The average molecular weight is 344 g/mol. The first-order valence-electron chi connectivity index (χ1n) is 7.65. The van der Waals surface area contributed by atoms with Gasteiger partial charge in [0.2, 0.25) is 5.91 Å². The van der Waals surface area contributed by atoms with Crippen molar-refractivity contribution in [3.8, 4) is 0 Å². The second kappa shape index (κ2) is 8.35. The number of anilines is 1. The maximum absolute atomic E-state index is 12.0. The van der Waals surface area contributed by atoms with Crippen molar-refractivity contribution in [3.63, 3.8) is 0 Å². The first kappa shape index (κ1) is 17.8. The summed E-state index contributed by atoms with van der Waals surface area (Å²) in [4.78, 5) is 31.9. The Hall–Kier alpha value is -2.54. The van der Waals surface area contributed by atoms with Gasteiger partial charge < -0.3 is 5.32 Å². The standard InChI is InChI=1S/C17H20N4O2S/c1-4-11(2)14-10-24-17(20-14)21-15(22)6-5-12-7-13(9-19-8-12)16(23)18-3/h5-11H,4H2,1-3H3,(H,18,23)(H,20,21,22)/b6-5+/t11-/m0/s1. The first-order valence-corrected chi connectivity index (χ1v) is 8.53. The Balaban J connectivity index is 2.00. The van der Waals surface area contributed by atoms with Gasteiger partial charge in [-0.3, -0.25) is 19.9 Å². The molecule has 2 amide bonds. The highest BCUT2D eigenvalue weighted by Crippen LogP contribution is 2.23. The number of amides is 2. The molecule has 0 saturated heterocycles. The van der Waals surface area contributed by atoms with Crippen molar-refractivity contribution in [3.05, 3.63) is 46.7 Å². The summed E-state index contributed by atoms with van der Waals surface area (Å²) in [6.07, 6.45) is 7.07. The highest BCUT2D eigenvalue weighted by Gasteiger charge is 2.09. The lowest BCUT2D eigenvalue weighted by molar-refractivity contribution is -0.111. The van der Waals surface area contributed by atoms with Crippen molar-refractivity contribution >= 4 is 34.4 Å². The van der Waals surface area contributed by atoms with E-state index in [9.17, 15) is 9.59 Å². The van der Waals surface area contributed by atoms with E-state index >= 15 is 0 Å². The molecule has 2 aromatic rings. The van der Waals surface area contributed by atoms with E-state index in [-0.39, 0.29) is 11.8 Å². The Morgan fingerprint density at radius 3 is 2.88 bits per heavy atom. The third-order valence-electron chi connectivity index (χ3n) is 3.55. The van der Waals surface area contributed by atoms with E-state index in [4.69, 9.17) is 0 Å². The fraction of sp³-hybridized carbons (Fsp3) is 0.294. The van der Waals surface area contributed by atoms with E-state index in [2.05, 4.69) is 34.4 Å². The number of rotatable bonds is 6. The maximum atomic E-state index is 12.0. The van der Waals surface area contributed by atoms with Crippen LogP contribution in [-0.4, -0.2) is 28.8 Å². The predicted molar refractivity (Wildman–Crippen MR) is 96.1 cm³/mol. The zero-order valence-electron chi connectivity index (χ0n) is 13.9. The number of aromatic nitrogens is 2. The predicted octanol–water partition coefficient (Wildman–Crippen LogP) is 3.06. The number of nitrogens with one attached hydrogen (secondary N) is 2. The molecule has 0 radical (unpaired) electrons. The molecule has 126 valence electrons. The van der Waals surface area contributed by atoms with Crippen LogP contribution in [0.15, 0.2) is 29.9 Å². The van der Waals surface area contributed by atoms with Gasteiger partial charge in [0.1, 0.15) is 0 Å². The molecule has 0 aliphatic carbocycles. The fourth-order valence-corrected chi connectivity index (χ4v) is 2.75. The number of carbonyl (C=O) groups excluding carboxylic acids is 2. The topological polar surface area (TPSA) is 84.0 Å². The molecule has 6 nitrogen and oxygen atoms in total. The van der Waals surface area contributed by atoms with Crippen LogP contribution in [0.2, 0.25) is 0 Å². The van der Waals surface area contributed by atoms with E-state index in [0.29, 0.717) is 22.2 Å². The lowest BCUT2D eigenvalue weighted by Crippen LogP contribution is -2.17. The monoisotopic (exact) mass is 344 g/mol. The van der Waals surface area contributed by atoms with E-state index in [0.717, 1.165) is 12.1 Å². The molecule has 0 unspecified atom stereocenters. The largest absolute Gasteiger partial charge is 0.355 e. The van der Waals surface area contributed by atoms with Gasteiger partial charge in [-0.05, 0) is 30.0 Å². The molecular weight excluding hydrogens is 324 g/mol. The van der Waals surface area contributed by atoms with Crippen molar-refractivity contribution in [2.24, 2.45) is 0 Å². The van der Waals surface area contributed by atoms with Crippen molar-refractivity contribution in [1.29, 1.82) is 0 Å². The Morgan fingerprint density at radius 1 is 1.38 bits per heavy atom. The quantitative estimate of drug-likeness (QED) is 0.789. The fourth-order valence-electron chi connectivity index (χ4n) is 1.92. The van der Waals surface area contributed by atoms with Crippen LogP contribution in [0.1, 0.15) is 47.8 Å². The zero-order valence-corrected chi connectivity index (χ0v) is 14.7. The summed E-state index contributed by atoms with van der Waals surface area (Å²) in [6.45, 7) is 4.21. The summed E-state index contributed by atoms with van der Waals surface area (Å²) in [6, 6.07) is 1.67. The molecular formula is C17H20N4O2S. The normalized spacial score (nSPS) is 12.1. The molecule has 0 spiro atoms. The Morgan fingerprint density at radius 2 is 2.17 bits per heavy atom. The van der Waals surface area contributed by atoms with E-state index in [1.54, 1.807) is 25.4 Å².